The van der Waals surface area contributed by atoms with Crippen molar-refractivity contribution in [2.75, 3.05) is 14.2 Å². The van der Waals surface area contributed by atoms with E-state index in [-0.39, 0.29) is 24.6 Å². The van der Waals surface area contributed by atoms with Crippen molar-refractivity contribution in [2.24, 2.45) is 0 Å². The maximum atomic E-state index is 14.3. The van der Waals surface area contributed by atoms with Crippen LogP contribution in [0, 0.1) is 5.82 Å². The molecule has 0 aliphatic heterocycles. The molecule has 0 unspecified atom stereocenters. The second-order valence-electron chi connectivity index (χ2n) is 11.4. The summed E-state index contributed by atoms with van der Waals surface area (Å²) in [5, 5.41) is 32.8. The number of aliphatic hydroxyl groups is 2. The Kier molecular flexibility index (Phi) is 11.9. The van der Waals surface area contributed by atoms with E-state index >= 15 is 0 Å². The maximum Gasteiger partial charge on any atom is 0.341 e. The van der Waals surface area contributed by atoms with Crippen molar-refractivity contribution in [3.63, 3.8) is 0 Å². The Morgan fingerprint density at radius 3 is 2.21 bits per heavy atom. The van der Waals surface area contributed by atoms with E-state index in [4.69, 9.17) is 14.6 Å². The van der Waals surface area contributed by atoms with Crippen LogP contribution < -0.4 is 10.1 Å². The third-order valence-electron chi connectivity index (χ3n) is 7.69. The molecule has 2 atom stereocenters. The number of carboxylic acid groups (broad SMARTS) is 1. The predicted octanol–water partition coefficient (Wildman–Crippen LogP) is 5.87. The molecule has 4 rings (SSSR count). The van der Waals surface area contributed by atoms with E-state index in [9.17, 15) is 29.0 Å². The Morgan fingerprint density at radius 2 is 1.60 bits per heavy atom. The summed E-state index contributed by atoms with van der Waals surface area (Å²) in [6.45, 7) is 3.90. The van der Waals surface area contributed by atoms with E-state index in [2.05, 4.69) is 5.32 Å². The Bertz CT molecular complexity index is 1780. The number of nitrogens with zero attached hydrogens (tertiary/aromatic N) is 1. The lowest BCUT2D eigenvalue weighted by Crippen LogP contribution is -2.27. The van der Waals surface area contributed by atoms with E-state index in [1.165, 1.54) is 32.4 Å². The monoisotopic (exact) mass is 658 g/mol. The number of aromatic nitrogens is 1. The number of hydrogen-bond acceptors (Lipinski definition) is 7. The van der Waals surface area contributed by atoms with Crippen molar-refractivity contribution >= 4 is 23.9 Å². The first-order valence-corrected chi connectivity index (χ1v) is 15.3. The maximum absolute atomic E-state index is 14.3. The van der Waals surface area contributed by atoms with Gasteiger partial charge in [0.2, 0.25) is 0 Å². The highest BCUT2D eigenvalue weighted by Gasteiger charge is 2.29. The molecule has 0 spiro atoms. The third-order valence-corrected chi connectivity index (χ3v) is 7.69. The highest BCUT2D eigenvalue weighted by Crippen LogP contribution is 2.42. The molecule has 48 heavy (non-hydrogen) atoms. The molecule has 0 saturated heterocycles. The van der Waals surface area contributed by atoms with Crippen LogP contribution >= 0.6 is 0 Å². The Morgan fingerprint density at radius 1 is 0.938 bits per heavy atom. The Balaban J connectivity index is 1.87. The van der Waals surface area contributed by atoms with Crippen molar-refractivity contribution in [2.45, 2.75) is 51.5 Å². The van der Waals surface area contributed by atoms with Gasteiger partial charge in [0.25, 0.3) is 5.91 Å². The number of nitrogens with one attached hydrogen (secondary N) is 1. The van der Waals surface area contributed by atoms with Crippen molar-refractivity contribution in [3.05, 3.63) is 107 Å². The van der Waals surface area contributed by atoms with Crippen LogP contribution in [0.1, 0.15) is 64.8 Å². The summed E-state index contributed by atoms with van der Waals surface area (Å²) in [6, 6.07) is 19.8. The van der Waals surface area contributed by atoms with Crippen molar-refractivity contribution in [1.82, 2.24) is 9.88 Å². The zero-order valence-corrected chi connectivity index (χ0v) is 27.1. The van der Waals surface area contributed by atoms with Gasteiger partial charge in [-0.3, -0.25) is 9.59 Å². The molecule has 3 aromatic carbocycles. The topological polar surface area (TPSA) is 147 Å². The number of methoxy groups -OCH3 is 2. The fraction of sp³-hybridized carbons (Fsp3) is 0.270. The van der Waals surface area contributed by atoms with Crippen molar-refractivity contribution in [3.8, 4) is 28.0 Å². The van der Waals surface area contributed by atoms with Gasteiger partial charge in [0, 0.05) is 35.8 Å². The van der Waals surface area contributed by atoms with Gasteiger partial charge in [0.05, 0.1) is 32.8 Å². The molecule has 1 heterocycles. The third kappa shape index (κ3) is 8.36. The van der Waals surface area contributed by atoms with E-state index in [1.807, 2.05) is 48.7 Å². The van der Waals surface area contributed by atoms with Gasteiger partial charge in [-0.05, 0) is 60.9 Å². The minimum Gasteiger partial charge on any atom is -0.496 e. The minimum atomic E-state index is -1.27. The molecule has 4 N–H and O–H groups in total. The molecule has 252 valence electrons. The molecule has 10 nitrogen and oxygen atoms in total. The van der Waals surface area contributed by atoms with Gasteiger partial charge in [-0.15, -0.1) is 0 Å². The average molecular weight is 659 g/mol. The summed E-state index contributed by atoms with van der Waals surface area (Å²) in [7, 11) is 2.71. The molecule has 0 saturated carbocycles. The molecular weight excluding hydrogens is 619 g/mol. The minimum absolute atomic E-state index is 0.0887. The molecule has 11 heteroatoms. The zero-order valence-electron chi connectivity index (χ0n) is 27.1. The number of aliphatic hydroxyl groups excluding tert-OH is 2. The number of carbonyl (C=O) groups is 3. The number of benzene rings is 3. The van der Waals surface area contributed by atoms with Crippen LogP contribution in [0.25, 0.3) is 28.3 Å². The fourth-order valence-corrected chi connectivity index (χ4v) is 5.56. The quantitative estimate of drug-likeness (QED) is 0.123. The van der Waals surface area contributed by atoms with E-state index in [0.717, 1.165) is 5.56 Å². The molecule has 0 aliphatic carbocycles. The normalized spacial score (nSPS) is 12.6. The SMILES string of the molecule is COC(=O)c1ccc(CNC(=O)c2c(-c3ccccc3)c(-c3ccc(F)cc3)c(/C=C/[C@@H](O)C[C@@H](O)CC(=O)O)n2C(C)C)cc1OC. The zero-order chi connectivity index (χ0) is 35.0. The van der Waals surface area contributed by atoms with Gasteiger partial charge in [-0.25, -0.2) is 9.18 Å². The van der Waals surface area contributed by atoms with Gasteiger partial charge in [0.1, 0.15) is 22.8 Å². The highest BCUT2D eigenvalue weighted by molar-refractivity contribution is 6.06. The van der Waals surface area contributed by atoms with E-state index in [0.29, 0.717) is 39.4 Å². The lowest BCUT2D eigenvalue weighted by molar-refractivity contribution is -0.139. The van der Waals surface area contributed by atoms with E-state index < -0.39 is 42.3 Å². The number of esters is 1. The second-order valence-corrected chi connectivity index (χ2v) is 11.4. The molecule has 0 radical (unpaired) electrons. The second kappa shape index (κ2) is 16.0. The number of amides is 1. The van der Waals surface area contributed by atoms with Gasteiger partial charge >= 0.3 is 11.9 Å². The van der Waals surface area contributed by atoms with Gasteiger partial charge in [-0.2, -0.15) is 0 Å². The molecule has 1 amide bonds. The number of hydrogen-bond donors (Lipinski definition) is 4. The number of halogens is 1. The number of rotatable bonds is 14. The van der Waals surface area contributed by atoms with Crippen LogP contribution in [-0.2, 0) is 16.1 Å². The Hall–Kier alpha value is -5.26. The van der Waals surface area contributed by atoms with Crippen molar-refractivity contribution < 1.29 is 43.6 Å². The van der Waals surface area contributed by atoms with E-state index in [1.54, 1.807) is 36.4 Å². The number of carboxylic acids is 1. The summed E-state index contributed by atoms with van der Waals surface area (Å²) in [5.74, 6) is -2.30. The van der Waals surface area contributed by atoms with Crippen LogP contribution in [0.3, 0.4) is 0 Å². The predicted molar refractivity (Wildman–Crippen MR) is 179 cm³/mol. The molecule has 1 aromatic heterocycles. The molecule has 0 fully saturated rings. The van der Waals surface area contributed by atoms with Crippen molar-refractivity contribution in [1.29, 1.82) is 0 Å². The molecule has 0 aliphatic rings. The fourth-order valence-electron chi connectivity index (χ4n) is 5.56. The van der Waals surface area contributed by atoms with Crippen LogP contribution in [0.5, 0.6) is 5.75 Å². The summed E-state index contributed by atoms with van der Waals surface area (Å²) in [5.41, 5.74) is 4.28. The highest BCUT2D eigenvalue weighted by atomic mass is 19.1. The molecule has 0 bridgehead atoms. The van der Waals surface area contributed by atoms with Gasteiger partial charge in [0.15, 0.2) is 0 Å². The first-order valence-electron chi connectivity index (χ1n) is 15.3. The smallest absolute Gasteiger partial charge is 0.341 e. The summed E-state index contributed by atoms with van der Waals surface area (Å²) >= 11 is 0. The lowest BCUT2D eigenvalue weighted by atomic mass is 9.94. The van der Waals surface area contributed by atoms with Crippen LogP contribution in [0.2, 0.25) is 0 Å². The standard InChI is InChI=1S/C37H39FN2O8/c1-22(2)40-30(17-15-27(41)19-28(42)20-32(43)44)33(25-11-13-26(38)14-12-25)34(24-8-6-5-7-9-24)35(40)36(45)39-21-23-10-16-29(37(46)48-4)31(18-23)47-3/h5-18,22,27-28,41-42H,19-21H2,1-4H3,(H,39,45)(H,43,44)/b17-15+/t27-,28-/m1/s1. The Labute approximate surface area is 278 Å². The van der Waals surface area contributed by atoms with Gasteiger partial charge in [-0.1, -0.05) is 54.6 Å². The van der Waals surface area contributed by atoms with Crippen LogP contribution in [-0.4, -0.2) is 64.2 Å². The van der Waals surface area contributed by atoms with Crippen LogP contribution in [0.15, 0.2) is 78.9 Å². The average Bonchev–Trinajstić information content (AvgIpc) is 3.41. The number of carbonyl (C=O) groups excluding carboxylic acids is 2. The molecular formula is C37H39FN2O8. The first kappa shape index (κ1) is 35.6. The molecule has 4 aromatic rings. The van der Waals surface area contributed by atoms with Crippen LogP contribution in [0.4, 0.5) is 4.39 Å². The van der Waals surface area contributed by atoms with Gasteiger partial charge < -0.3 is 34.7 Å². The summed E-state index contributed by atoms with van der Waals surface area (Å²) in [4.78, 5) is 37.5. The lowest BCUT2D eigenvalue weighted by Gasteiger charge is -2.17. The largest absolute Gasteiger partial charge is 0.496 e. The number of aliphatic carboxylic acids is 1. The first-order chi connectivity index (χ1) is 22.9. The summed E-state index contributed by atoms with van der Waals surface area (Å²) < 4.78 is 26.1. The number of ether oxygens (including phenoxy) is 2. The summed E-state index contributed by atoms with van der Waals surface area (Å²) in [6.07, 6.45) is -0.121.